The van der Waals surface area contributed by atoms with Crippen molar-refractivity contribution in [3.63, 3.8) is 0 Å². The molecule has 0 amide bonds. The predicted octanol–water partition coefficient (Wildman–Crippen LogP) is 4.78. The number of allylic oxidation sites excluding steroid dienone is 6. The third-order valence-electron chi connectivity index (χ3n) is 2.49. The van der Waals surface area contributed by atoms with Gasteiger partial charge in [-0.1, -0.05) is 54.6 Å². The Morgan fingerprint density at radius 3 is 2.38 bits per heavy atom. The van der Waals surface area contributed by atoms with E-state index in [2.05, 4.69) is 74.7 Å². The van der Waals surface area contributed by atoms with Crippen LogP contribution in [-0.4, -0.2) is 0 Å². The van der Waals surface area contributed by atoms with Crippen LogP contribution >= 0.6 is 0 Å². The van der Waals surface area contributed by atoms with Gasteiger partial charge >= 0.3 is 0 Å². The standard InChI is InChI=1S/C14H14.C2H4/c1-2-14(13-10-6-7-11-13)12-8-4-3-5-9-12;1-2/h2-10H,11H2,1H3;1-2H2/b14-2+;. The molecule has 0 spiro atoms. The summed E-state index contributed by atoms with van der Waals surface area (Å²) in [5.41, 5.74) is 4.08. The van der Waals surface area contributed by atoms with Crippen LogP contribution < -0.4 is 0 Å². The van der Waals surface area contributed by atoms with Gasteiger partial charge in [0.25, 0.3) is 0 Å². The van der Waals surface area contributed by atoms with Crippen molar-refractivity contribution < 1.29 is 0 Å². The smallest absolute Gasteiger partial charge is 0.00883 e. The van der Waals surface area contributed by atoms with Crippen LogP contribution in [0.4, 0.5) is 0 Å². The summed E-state index contributed by atoms with van der Waals surface area (Å²) in [6.45, 7) is 8.10. The summed E-state index contributed by atoms with van der Waals surface area (Å²) in [4.78, 5) is 0. The molecule has 2 rings (SSSR count). The van der Waals surface area contributed by atoms with Crippen LogP contribution in [-0.2, 0) is 0 Å². The van der Waals surface area contributed by atoms with E-state index in [-0.39, 0.29) is 0 Å². The lowest BCUT2D eigenvalue weighted by molar-refractivity contribution is 1.33. The molecule has 1 aliphatic rings. The molecule has 1 aromatic carbocycles. The van der Waals surface area contributed by atoms with E-state index in [1.54, 1.807) is 0 Å². The summed E-state index contributed by atoms with van der Waals surface area (Å²) in [5, 5.41) is 0. The number of benzene rings is 1. The van der Waals surface area contributed by atoms with Crippen LogP contribution in [0.3, 0.4) is 0 Å². The van der Waals surface area contributed by atoms with E-state index in [9.17, 15) is 0 Å². The SMILES string of the molecule is C/C=C(/C1=CC=CC1)c1ccccc1.C=C. The number of hydrogen-bond donors (Lipinski definition) is 0. The zero-order chi connectivity index (χ0) is 11.8. The molecule has 1 aliphatic carbocycles. The first-order valence-electron chi connectivity index (χ1n) is 5.49. The first kappa shape index (κ1) is 12.3. The van der Waals surface area contributed by atoms with E-state index in [1.807, 2.05) is 0 Å². The first-order chi connectivity index (χ1) is 7.92. The predicted molar refractivity (Wildman–Crippen MR) is 73.2 cm³/mol. The fourth-order valence-corrected chi connectivity index (χ4v) is 1.80. The van der Waals surface area contributed by atoms with E-state index in [0.717, 1.165) is 6.42 Å². The molecule has 1 aromatic rings. The molecule has 0 fully saturated rings. The lowest BCUT2D eigenvalue weighted by Crippen LogP contribution is -1.86. The highest BCUT2D eigenvalue weighted by atomic mass is 14.1. The van der Waals surface area contributed by atoms with Crippen LogP contribution in [0, 0.1) is 0 Å². The monoisotopic (exact) mass is 210 g/mol. The summed E-state index contributed by atoms with van der Waals surface area (Å²) in [7, 11) is 0. The van der Waals surface area contributed by atoms with Gasteiger partial charge < -0.3 is 0 Å². The average molecular weight is 210 g/mol. The minimum Gasteiger partial charge on any atom is -0.106 e. The van der Waals surface area contributed by atoms with Crippen LogP contribution in [0.15, 0.2) is 73.4 Å². The highest BCUT2D eigenvalue weighted by Crippen LogP contribution is 2.28. The van der Waals surface area contributed by atoms with Gasteiger partial charge in [0.15, 0.2) is 0 Å². The van der Waals surface area contributed by atoms with E-state index >= 15 is 0 Å². The second kappa shape index (κ2) is 6.62. The van der Waals surface area contributed by atoms with Crippen LogP contribution in [0.25, 0.3) is 5.57 Å². The maximum atomic E-state index is 3.00. The fourth-order valence-electron chi connectivity index (χ4n) is 1.80. The maximum absolute atomic E-state index is 3.00. The van der Waals surface area contributed by atoms with Crippen molar-refractivity contribution in [1.29, 1.82) is 0 Å². The molecule has 0 unspecified atom stereocenters. The van der Waals surface area contributed by atoms with Crippen LogP contribution in [0.2, 0.25) is 0 Å². The van der Waals surface area contributed by atoms with Gasteiger partial charge in [-0.05, 0) is 30.1 Å². The molecular weight excluding hydrogens is 192 g/mol. The molecule has 0 heteroatoms. The van der Waals surface area contributed by atoms with Gasteiger partial charge in [0.05, 0.1) is 0 Å². The van der Waals surface area contributed by atoms with E-state index in [4.69, 9.17) is 0 Å². The molecular formula is C16H18. The average Bonchev–Trinajstić information content (AvgIpc) is 2.88. The van der Waals surface area contributed by atoms with Gasteiger partial charge in [0.1, 0.15) is 0 Å². The maximum Gasteiger partial charge on any atom is -0.00883 e. The zero-order valence-corrected chi connectivity index (χ0v) is 9.82. The van der Waals surface area contributed by atoms with E-state index in [1.165, 1.54) is 16.7 Å². The summed E-state index contributed by atoms with van der Waals surface area (Å²) >= 11 is 0. The minimum absolute atomic E-state index is 1.06. The Morgan fingerprint density at radius 1 is 1.19 bits per heavy atom. The normalized spacial score (nSPS) is 14.1. The summed E-state index contributed by atoms with van der Waals surface area (Å²) in [5.74, 6) is 0. The molecule has 82 valence electrons. The third-order valence-corrected chi connectivity index (χ3v) is 2.49. The Hall–Kier alpha value is -1.82. The number of rotatable bonds is 2. The molecule has 0 N–H and O–H groups in total. The van der Waals surface area contributed by atoms with Crippen molar-refractivity contribution >= 4 is 5.57 Å². The highest BCUT2D eigenvalue weighted by Gasteiger charge is 2.06. The molecule has 0 saturated carbocycles. The van der Waals surface area contributed by atoms with Gasteiger partial charge in [0, 0.05) is 0 Å². The van der Waals surface area contributed by atoms with Crippen molar-refractivity contribution in [2.75, 3.05) is 0 Å². The second-order valence-electron chi connectivity index (χ2n) is 3.39. The summed E-state index contributed by atoms with van der Waals surface area (Å²) < 4.78 is 0. The lowest BCUT2D eigenvalue weighted by atomic mass is 9.97. The fraction of sp³-hybridized carbons (Fsp3) is 0.125. The summed E-state index contributed by atoms with van der Waals surface area (Å²) in [6.07, 6.45) is 9.77. The Kier molecular flexibility index (Phi) is 5.07. The third kappa shape index (κ3) is 2.83. The van der Waals surface area contributed by atoms with Crippen molar-refractivity contribution in [3.05, 3.63) is 78.9 Å². The zero-order valence-electron chi connectivity index (χ0n) is 9.82. The van der Waals surface area contributed by atoms with Gasteiger partial charge in [0.2, 0.25) is 0 Å². The van der Waals surface area contributed by atoms with E-state index in [0.29, 0.717) is 0 Å². The van der Waals surface area contributed by atoms with Crippen molar-refractivity contribution in [2.24, 2.45) is 0 Å². The minimum atomic E-state index is 1.06. The van der Waals surface area contributed by atoms with Crippen molar-refractivity contribution in [3.8, 4) is 0 Å². The molecule has 0 heterocycles. The molecule has 0 radical (unpaired) electrons. The van der Waals surface area contributed by atoms with Gasteiger partial charge in [-0.3, -0.25) is 0 Å². The van der Waals surface area contributed by atoms with Crippen molar-refractivity contribution in [1.82, 2.24) is 0 Å². The summed E-state index contributed by atoms with van der Waals surface area (Å²) in [6, 6.07) is 10.5. The van der Waals surface area contributed by atoms with Crippen LogP contribution in [0.5, 0.6) is 0 Å². The quantitative estimate of drug-likeness (QED) is 0.616. The molecule has 0 nitrogen and oxygen atoms in total. The molecule has 16 heavy (non-hydrogen) atoms. The second-order valence-corrected chi connectivity index (χ2v) is 3.39. The molecule has 0 aliphatic heterocycles. The Balaban J connectivity index is 0.000000606. The lowest BCUT2D eigenvalue weighted by Gasteiger charge is -2.07. The topological polar surface area (TPSA) is 0 Å². The molecule has 0 aromatic heterocycles. The van der Waals surface area contributed by atoms with Crippen LogP contribution in [0.1, 0.15) is 18.9 Å². The Morgan fingerprint density at radius 2 is 1.88 bits per heavy atom. The number of hydrogen-bond acceptors (Lipinski definition) is 0. The molecule has 0 bridgehead atoms. The highest BCUT2D eigenvalue weighted by molar-refractivity contribution is 5.80. The molecule has 0 saturated heterocycles. The largest absolute Gasteiger partial charge is 0.106 e. The van der Waals surface area contributed by atoms with Crippen molar-refractivity contribution in [2.45, 2.75) is 13.3 Å². The first-order valence-corrected chi connectivity index (χ1v) is 5.49. The van der Waals surface area contributed by atoms with Gasteiger partial charge in [-0.15, -0.1) is 13.2 Å². The van der Waals surface area contributed by atoms with E-state index < -0.39 is 0 Å². The Bertz CT molecular complexity index is 405. The van der Waals surface area contributed by atoms with Gasteiger partial charge in [-0.25, -0.2) is 0 Å². The van der Waals surface area contributed by atoms with Gasteiger partial charge in [-0.2, -0.15) is 0 Å². The Labute approximate surface area is 98.3 Å². The molecule has 0 atom stereocenters.